The summed E-state index contributed by atoms with van der Waals surface area (Å²) in [5.41, 5.74) is 3.59. The lowest BCUT2D eigenvalue weighted by Gasteiger charge is -2.10. The van der Waals surface area contributed by atoms with Gasteiger partial charge in [0.25, 0.3) is 5.91 Å². The van der Waals surface area contributed by atoms with Crippen LogP contribution in [0.4, 0.5) is 13.2 Å². The highest BCUT2D eigenvalue weighted by Gasteiger charge is 2.31. The number of carbonyl (C=O) groups is 1. The molecule has 0 radical (unpaired) electrons. The predicted molar refractivity (Wildman–Crippen MR) is 100 cm³/mol. The number of H-pyrrole nitrogens is 2. The number of rotatable bonds is 5. The monoisotopic (exact) mass is 400 g/mol. The van der Waals surface area contributed by atoms with Gasteiger partial charge >= 0.3 is 6.36 Å². The van der Waals surface area contributed by atoms with E-state index in [0.717, 1.165) is 22.0 Å². The number of fused-ring (bicyclic) bond motifs is 1. The first-order valence-electron chi connectivity index (χ1n) is 8.62. The summed E-state index contributed by atoms with van der Waals surface area (Å²) in [6.45, 7) is 0.0632. The summed E-state index contributed by atoms with van der Waals surface area (Å²) in [5.74, 6) is -0.669. The van der Waals surface area contributed by atoms with E-state index in [2.05, 4.69) is 25.2 Å². The molecule has 1 amide bonds. The van der Waals surface area contributed by atoms with Crippen molar-refractivity contribution < 1.29 is 22.7 Å². The molecule has 0 spiro atoms. The summed E-state index contributed by atoms with van der Waals surface area (Å²) in [7, 11) is 0. The van der Waals surface area contributed by atoms with Crippen molar-refractivity contribution in [3.63, 3.8) is 0 Å². The zero-order chi connectivity index (χ0) is 20.4. The van der Waals surface area contributed by atoms with Crippen LogP contribution in [0.1, 0.15) is 15.9 Å². The van der Waals surface area contributed by atoms with Gasteiger partial charge < -0.3 is 15.0 Å². The lowest BCUT2D eigenvalue weighted by molar-refractivity contribution is -0.274. The number of benzene rings is 2. The summed E-state index contributed by atoms with van der Waals surface area (Å²) < 4.78 is 40.9. The van der Waals surface area contributed by atoms with Crippen LogP contribution >= 0.6 is 0 Å². The lowest BCUT2D eigenvalue weighted by Crippen LogP contribution is -2.22. The number of nitrogens with one attached hydrogen (secondary N) is 3. The Bertz CT molecular complexity index is 1150. The van der Waals surface area contributed by atoms with Gasteiger partial charge in [0.05, 0.1) is 11.8 Å². The zero-order valence-corrected chi connectivity index (χ0v) is 14.9. The number of ether oxygens (including phenoxy) is 1. The molecule has 0 saturated carbocycles. The van der Waals surface area contributed by atoms with Crippen molar-refractivity contribution in [3.8, 4) is 16.9 Å². The first kappa shape index (κ1) is 18.6. The van der Waals surface area contributed by atoms with E-state index in [-0.39, 0.29) is 18.2 Å². The number of hydrogen-bond donors (Lipinski definition) is 3. The Labute approximate surface area is 162 Å². The van der Waals surface area contributed by atoms with E-state index in [9.17, 15) is 18.0 Å². The number of alkyl halides is 3. The van der Waals surface area contributed by atoms with Crippen LogP contribution < -0.4 is 10.1 Å². The van der Waals surface area contributed by atoms with Crippen molar-refractivity contribution in [2.45, 2.75) is 12.9 Å². The van der Waals surface area contributed by atoms with Crippen LogP contribution in [0.2, 0.25) is 0 Å². The molecule has 2 aromatic heterocycles. The lowest BCUT2D eigenvalue weighted by atomic mass is 10.1. The second kappa shape index (κ2) is 7.34. The van der Waals surface area contributed by atoms with Gasteiger partial charge in [-0.15, -0.1) is 13.2 Å². The smallest absolute Gasteiger partial charge is 0.406 e. The van der Waals surface area contributed by atoms with Crippen LogP contribution in [0.3, 0.4) is 0 Å². The maximum atomic E-state index is 12.6. The van der Waals surface area contributed by atoms with Gasteiger partial charge in [0.2, 0.25) is 0 Å². The van der Waals surface area contributed by atoms with Crippen molar-refractivity contribution in [3.05, 3.63) is 72.2 Å². The Kier molecular flexibility index (Phi) is 4.71. The van der Waals surface area contributed by atoms with E-state index in [1.165, 1.54) is 18.2 Å². The largest absolute Gasteiger partial charge is 0.573 e. The molecule has 6 nitrogen and oxygen atoms in total. The SMILES string of the molecule is O=C(NCc1cccc(OC(F)(F)F)c1)c1c[nH]c2cc(-c3cn[nH]c3)ccc12. The maximum Gasteiger partial charge on any atom is 0.573 e. The number of hydrogen-bond acceptors (Lipinski definition) is 3. The van der Waals surface area contributed by atoms with Crippen molar-refractivity contribution >= 4 is 16.8 Å². The van der Waals surface area contributed by atoms with Crippen molar-refractivity contribution in [2.24, 2.45) is 0 Å². The standard InChI is InChI=1S/C20H15F3N4O2/c21-20(22,23)29-15-3-1-2-12(6-15)8-25-19(28)17-11-24-18-7-13(4-5-16(17)18)14-9-26-27-10-14/h1-7,9-11,24H,8H2,(H,25,28)(H,26,27). The van der Waals surface area contributed by atoms with Gasteiger partial charge in [0.1, 0.15) is 5.75 Å². The molecule has 0 atom stereocenters. The molecule has 9 heteroatoms. The highest BCUT2D eigenvalue weighted by molar-refractivity contribution is 6.07. The first-order valence-corrected chi connectivity index (χ1v) is 8.62. The van der Waals surface area contributed by atoms with Crippen LogP contribution in [0.15, 0.2) is 61.1 Å². The minimum atomic E-state index is -4.76. The number of amides is 1. The molecule has 4 aromatic rings. The molecule has 0 aliphatic carbocycles. The molecule has 3 N–H and O–H groups in total. The molecule has 0 aliphatic heterocycles. The molecule has 2 aromatic carbocycles. The minimum absolute atomic E-state index is 0.0632. The Morgan fingerprint density at radius 2 is 1.97 bits per heavy atom. The fourth-order valence-corrected chi connectivity index (χ4v) is 3.03. The van der Waals surface area contributed by atoms with E-state index in [4.69, 9.17) is 0 Å². The Balaban J connectivity index is 1.48. The quantitative estimate of drug-likeness (QED) is 0.465. The molecular weight excluding hydrogens is 385 g/mol. The van der Waals surface area contributed by atoms with Crippen LogP contribution in [0, 0.1) is 0 Å². The highest BCUT2D eigenvalue weighted by Crippen LogP contribution is 2.26. The molecule has 0 aliphatic rings. The molecule has 148 valence electrons. The normalized spacial score (nSPS) is 11.6. The molecule has 4 rings (SSSR count). The van der Waals surface area contributed by atoms with Gasteiger partial charge in [-0.25, -0.2) is 0 Å². The number of aromatic nitrogens is 3. The van der Waals surface area contributed by atoms with Crippen molar-refractivity contribution in [1.29, 1.82) is 0 Å². The van der Waals surface area contributed by atoms with Gasteiger partial charge in [-0.05, 0) is 29.3 Å². The third-order valence-corrected chi connectivity index (χ3v) is 4.34. The van der Waals surface area contributed by atoms with E-state index >= 15 is 0 Å². The van der Waals surface area contributed by atoms with Gasteiger partial charge in [-0.1, -0.05) is 24.3 Å². The average Bonchev–Trinajstić information content (AvgIpc) is 3.34. The molecular formula is C20H15F3N4O2. The van der Waals surface area contributed by atoms with E-state index < -0.39 is 6.36 Å². The molecule has 0 saturated heterocycles. The van der Waals surface area contributed by atoms with Crippen LogP contribution in [0.5, 0.6) is 5.75 Å². The van der Waals surface area contributed by atoms with Gasteiger partial charge in [-0.3, -0.25) is 9.89 Å². The summed E-state index contributed by atoms with van der Waals surface area (Å²) in [4.78, 5) is 15.6. The summed E-state index contributed by atoms with van der Waals surface area (Å²) >= 11 is 0. The molecule has 0 fully saturated rings. The van der Waals surface area contributed by atoms with Gasteiger partial charge in [0.15, 0.2) is 0 Å². The van der Waals surface area contributed by atoms with Crippen LogP contribution in [-0.2, 0) is 6.54 Å². The molecule has 0 unspecified atom stereocenters. The maximum absolute atomic E-state index is 12.6. The summed E-state index contributed by atoms with van der Waals surface area (Å²) in [6, 6.07) is 11.1. The van der Waals surface area contributed by atoms with E-state index in [1.807, 2.05) is 18.2 Å². The Hall–Kier alpha value is -3.75. The number of aromatic amines is 2. The second-order valence-corrected chi connectivity index (χ2v) is 6.33. The zero-order valence-electron chi connectivity index (χ0n) is 14.9. The number of halogens is 3. The Morgan fingerprint density at radius 1 is 1.10 bits per heavy atom. The fourth-order valence-electron chi connectivity index (χ4n) is 3.03. The number of nitrogens with zero attached hydrogens (tertiary/aromatic N) is 1. The summed E-state index contributed by atoms with van der Waals surface area (Å²) in [6.07, 6.45) is 0.312. The van der Waals surface area contributed by atoms with E-state index in [1.54, 1.807) is 24.7 Å². The van der Waals surface area contributed by atoms with Crippen molar-refractivity contribution in [1.82, 2.24) is 20.5 Å². The summed E-state index contributed by atoms with van der Waals surface area (Å²) in [5, 5.41) is 10.1. The van der Waals surface area contributed by atoms with E-state index in [0.29, 0.717) is 11.1 Å². The fraction of sp³-hybridized carbons (Fsp3) is 0.100. The van der Waals surface area contributed by atoms with Crippen LogP contribution in [0.25, 0.3) is 22.0 Å². The molecule has 2 heterocycles. The van der Waals surface area contributed by atoms with Crippen molar-refractivity contribution in [2.75, 3.05) is 0 Å². The average molecular weight is 400 g/mol. The Morgan fingerprint density at radius 3 is 2.72 bits per heavy atom. The molecule has 0 bridgehead atoms. The molecule has 29 heavy (non-hydrogen) atoms. The van der Waals surface area contributed by atoms with Gasteiger partial charge in [0, 0.05) is 35.4 Å². The minimum Gasteiger partial charge on any atom is -0.406 e. The number of carbonyl (C=O) groups excluding carboxylic acids is 1. The van der Waals surface area contributed by atoms with Gasteiger partial charge in [-0.2, -0.15) is 5.10 Å². The second-order valence-electron chi connectivity index (χ2n) is 6.33. The third-order valence-electron chi connectivity index (χ3n) is 4.34. The highest BCUT2D eigenvalue weighted by atomic mass is 19.4. The van der Waals surface area contributed by atoms with Crippen LogP contribution in [-0.4, -0.2) is 27.5 Å². The topological polar surface area (TPSA) is 82.8 Å². The predicted octanol–water partition coefficient (Wildman–Crippen LogP) is 4.39. The first-order chi connectivity index (χ1) is 13.9. The third kappa shape index (κ3) is 4.23.